The van der Waals surface area contributed by atoms with E-state index >= 15 is 0 Å². The minimum Gasteiger partial charge on any atom is -0.481 e. The average Bonchev–Trinajstić information content (AvgIpc) is 3.53. The van der Waals surface area contributed by atoms with Crippen LogP contribution in [-0.2, 0) is 19.2 Å². The van der Waals surface area contributed by atoms with Gasteiger partial charge in [-0.3, -0.25) is 24.4 Å². The van der Waals surface area contributed by atoms with Gasteiger partial charge in [0.15, 0.2) is 12.4 Å². The Labute approximate surface area is 268 Å². The molecule has 2 rings (SSSR count). The maximum absolute atomic E-state index is 13.0. The van der Waals surface area contributed by atoms with Crippen molar-refractivity contribution in [3.05, 3.63) is 41.7 Å². The van der Waals surface area contributed by atoms with Crippen LogP contribution in [0.5, 0.6) is 5.75 Å². The minimum atomic E-state index is -1.77. The molecular formula is C30H39N4O13+. The highest BCUT2D eigenvalue weighted by Crippen LogP contribution is 2.29. The van der Waals surface area contributed by atoms with Crippen LogP contribution >= 0.6 is 0 Å². The molecule has 0 spiro atoms. The number of carbonyl (C=O) groups is 6. The monoisotopic (exact) mass is 663 g/mol. The number of unbranched alkanes of at least 4 members (excludes halogenated alkanes) is 2. The molecule has 0 saturated heterocycles. The standard InChI is InChI=1S/C30H38N4O13/c1-3-5-6-7-18(21(4-2)34(45)16-35)27(40)31-15-32-29(42)23-11-10-22(47-23)17-8-9-19(24(12-17)46-14-26(38)39)28(41)33-20(30(43)44)13-25(36)37/h8-12,16,18,20-21,45H,3-7,13-15H2,1-2H3,(H6,31,32,33,36,37,38,39,40,41,42,43,44)/p+1/t18-,20+,21-/m1/s1. The number of hydrogen-bond acceptors (Lipinski definition) is 9. The van der Waals surface area contributed by atoms with Crippen molar-refractivity contribution in [2.24, 2.45) is 5.92 Å². The average molecular weight is 664 g/mol. The molecule has 256 valence electrons. The summed E-state index contributed by atoms with van der Waals surface area (Å²) >= 11 is 0. The first kappa shape index (κ1) is 37.6. The first-order chi connectivity index (χ1) is 22.3. The fraction of sp³-hybridized carbons (Fsp3) is 0.433. The van der Waals surface area contributed by atoms with Crippen LogP contribution in [0.2, 0.25) is 0 Å². The van der Waals surface area contributed by atoms with Crippen molar-refractivity contribution in [2.45, 2.75) is 64.5 Å². The molecule has 3 amide bonds. The maximum Gasteiger partial charge on any atom is 0.370 e. The Bertz CT molecular complexity index is 1470. The van der Waals surface area contributed by atoms with Crippen molar-refractivity contribution in [1.82, 2.24) is 16.0 Å². The highest BCUT2D eigenvalue weighted by molar-refractivity contribution is 6.00. The Balaban J connectivity index is 2.18. The van der Waals surface area contributed by atoms with E-state index in [0.29, 0.717) is 30.4 Å². The van der Waals surface area contributed by atoms with E-state index < -0.39 is 66.7 Å². The second kappa shape index (κ2) is 18.4. The molecule has 47 heavy (non-hydrogen) atoms. The summed E-state index contributed by atoms with van der Waals surface area (Å²) in [6.07, 6.45) is 2.89. The summed E-state index contributed by atoms with van der Waals surface area (Å²) in [4.78, 5) is 71.9. The van der Waals surface area contributed by atoms with Gasteiger partial charge in [-0.2, -0.15) is 0 Å². The Kier molecular flexibility index (Phi) is 14.7. The number of nitrogens with zero attached hydrogens (tertiary/aromatic N) is 1. The second-order valence-electron chi connectivity index (χ2n) is 10.3. The summed E-state index contributed by atoms with van der Waals surface area (Å²) in [7, 11) is 0. The molecule has 0 unspecified atom stereocenters. The van der Waals surface area contributed by atoms with E-state index in [4.69, 9.17) is 19.4 Å². The smallest absolute Gasteiger partial charge is 0.370 e. The lowest BCUT2D eigenvalue weighted by Crippen LogP contribution is -2.46. The van der Waals surface area contributed by atoms with Crippen LogP contribution in [0, 0.1) is 5.92 Å². The summed E-state index contributed by atoms with van der Waals surface area (Å²) in [6, 6.07) is 4.04. The molecule has 2 aromatic rings. The van der Waals surface area contributed by atoms with Crippen LogP contribution in [0.1, 0.15) is 73.3 Å². The molecule has 1 aromatic carbocycles. The van der Waals surface area contributed by atoms with E-state index in [1.165, 1.54) is 30.3 Å². The normalized spacial score (nSPS) is 13.1. The number of aliphatic hydroxyl groups is 1. The van der Waals surface area contributed by atoms with Crippen molar-refractivity contribution in [2.75, 3.05) is 13.3 Å². The van der Waals surface area contributed by atoms with E-state index in [0.717, 1.165) is 12.8 Å². The van der Waals surface area contributed by atoms with Gasteiger partial charge in [-0.05, 0) is 30.7 Å². The molecule has 17 heteroatoms. The topological polar surface area (TPSA) is 265 Å². The number of benzene rings is 1. The van der Waals surface area contributed by atoms with E-state index in [2.05, 4.69) is 16.0 Å². The molecule has 0 saturated carbocycles. The van der Waals surface area contributed by atoms with Gasteiger partial charge in [-0.1, -0.05) is 39.2 Å². The van der Waals surface area contributed by atoms with Crippen LogP contribution in [0.25, 0.3) is 11.3 Å². The Morgan fingerprint density at radius 1 is 0.957 bits per heavy atom. The zero-order valence-corrected chi connectivity index (χ0v) is 25.8. The van der Waals surface area contributed by atoms with Crippen molar-refractivity contribution < 1.29 is 68.3 Å². The lowest BCUT2D eigenvalue weighted by atomic mass is 9.91. The fourth-order valence-corrected chi connectivity index (χ4v) is 4.63. The predicted octanol–water partition coefficient (Wildman–Crippen LogP) is 1.83. The number of ether oxygens (including phenoxy) is 1. The number of hydrogen-bond donors (Lipinski definition) is 8. The van der Waals surface area contributed by atoms with Crippen LogP contribution in [0.3, 0.4) is 0 Å². The highest BCUT2D eigenvalue weighted by atomic mass is 16.5. The summed E-state index contributed by atoms with van der Waals surface area (Å²) < 4.78 is 11.4. The number of hydroxylamine groups is 1. The highest BCUT2D eigenvalue weighted by Gasteiger charge is 2.35. The number of aliphatic hydroxyl groups excluding tert-OH is 1. The van der Waals surface area contributed by atoms with Gasteiger partial charge in [0.2, 0.25) is 11.9 Å². The molecule has 0 aliphatic carbocycles. The van der Waals surface area contributed by atoms with Crippen LogP contribution in [0.4, 0.5) is 0 Å². The SMILES string of the molecule is CCCCC[C@@H](C(=O)NCNC(=O)c1ccc(-c2ccc(C(=O)N[C@@H](CC(=O)O)C(=O)O)c(OCC(=O)O)c2)o1)[C@@H](CC)[N+](O)=CO. The Hall–Kier alpha value is -5.61. The van der Waals surface area contributed by atoms with Gasteiger partial charge in [-0.15, -0.1) is 0 Å². The molecule has 0 fully saturated rings. The molecule has 0 bridgehead atoms. The van der Waals surface area contributed by atoms with Crippen molar-refractivity contribution in [3.8, 4) is 17.1 Å². The molecule has 0 aliphatic rings. The van der Waals surface area contributed by atoms with Gasteiger partial charge in [-0.25, -0.2) is 9.59 Å². The number of furan rings is 1. The Morgan fingerprint density at radius 3 is 2.28 bits per heavy atom. The molecule has 3 atom stereocenters. The summed E-state index contributed by atoms with van der Waals surface area (Å²) in [5.74, 6) is -7.64. The number of carboxylic acids is 3. The van der Waals surface area contributed by atoms with E-state index in [1.807, 2.05) is 6.92 Å². The second-order valence-corrected chi connectivity index (χ2v) is 10.3. The molecule has 0 aliphatic heterocycles. The molecular weight excluding hydrogens is 624 g/mol. The first-order valence-electron chi connectivity index (χ1n) is 14.7. The first-order valence-corrected chi connectivity index (χ1v) is 14.7. The van der Waals surface area contributed by atoms with Gasteiger partial charge in [0.25, 0.3) is 11.8 Å². The van der Waals surface area contributed by atoms with Crippen LogP contribution in [0.15, 0.2) is 34.7 Å². The van der Waals surface area contributed by atoms with Crippen molar-refractivity contribution >= 4 is 42.0 Å². The third kappa shape index (κ3) is 11.4. The van der Waals surface area contributed by atoms with Crippen LogP contribution < -0.4 is 20.7 Å². The number of aliphatic carboxylic acids is 3. The lowest BCUT2D eigenvalue weighted by molar-refractivity contribution is -0.803. The Morgan fingerprint density at radius 2 is 1.68 bits per heavy atom. The van der Waals surface area contributed by atoms with E-state index in [1.54, 1.807) is 6.92 Å². The number of amides is 3. The molecule has 17 nitrogen and oxygen atoms in total. The summed E-state index contributed by atoms with van der Waals surface area (Å²) in [5, 5.41) is 53.6. The van der Waals surface area contributed by atoms with Crippen molar-refractivity contribution in [1.29, 1.82) is 0 Å². The maximum atomic E-state index is 13.0. The summed E-state index contributed by atoms with van der Waals surface area (Å²) in [5.41, 5.74) is -0.0456. The number of rotatable bonds is 20. The fourth-order valence-electron chi connectivity index (χ4n) is 4.63. The van der Waals surface area contributed by atoms with Crippen LogP contribution in [-0.4, -0.2) is 97.8 Å². The molecule has 1 heterocycles. The van der Waals surface area contributed by atoms with Gasteiger partial charge in [0.05, 0.1) is 18.7 Å². The molecule has 8 N–H and O–H groups in total. The van der Waals surface area contributed by atoms with E-state index in [-0.39, 0.29) is 35.1 Å². The zero-order valence-electron chi connectivity index (χ0n) is 25.8. The molecule has 1 aromatic heterocycles. The van der Waals surface area contributed by atoms with Gasteiger partial charge < -0.3 is 45.5 Å². The zero-order chi connectivity index (χ0) is 35.1. The van der Waals surface area contributed by atoms with E-state index in [9.17, 15) is 44.2 Å². The van der Waals surface area contributed by atoms with Gasteiger partial charge >= 0.3 is 24.3 Å². The third-order valence-electron chi connectivity index (χ3n) is 6.98. The van der Waals surface area contributed by atoms with Gasteiger partial charge in [0.1, 0.15) is 23.5 Å². The minimum absolute atomic E-state index is 0.102. The largest absolute Gasteiger partial charge is 0.481 e. The number of carboxylic acid groups (broad SMARTS) is 3. The quantitative estimate of drug-likeness (QED) is 0.0191. The van der Waals surface area contributed by atoms with Crippen molar-refractivity contribution in [3.63, 3.8) is 0 Å². The number of nitrogens with one attached hydrogen (secondary N) is 3. The lowest BCUT2D eigenvalue weighted by Gasteiger charge is -2.20. The predicted molar refractivity (Wildman–Crippen MR) is 161 cm³/mol. The summed E-state index contributed by atoms with van der Waals surface area (Å²) in [6.45, 7) is 2.62. The third-order valence-corrected chi connectivity index (χ3v) is 6.98. The van der Waals surface area contributed by atoms with Gasteiger partial charge in [0, 0.05) is 16.7 Å². The molecule has 0 radical (unpaired) electrons. The number of carbonyl (C=O) groups excluding carboxylic acids is 3.